The Labute approximate surface area is 105 Å². The number of carboxylic acid groups (broad SMARTS) is 1. The van der Waals surface area contributed by atoms with E-state index in [1.807, 2.05) is 29.8 Å². The Hall–Kier alpha value is -2.37. The number of aromatic carboxylic acids is 1. The molecule has 0 bridgehead atoms. The van der Waals surface area contributed by atoms with Gasteiger partial charge in [-0.15, -0.1) is 0 Å². The minimum absolute atomic E-state index is 0.185. The van der Waals surface area contributed by atoms with Crippen LogP contribution in [0.15, 0.2) is 30.9 Å². The van der Waals surface area contributed by atoms with Gasteiger partial charge >= 0.3 is 5.97 Å². The second-order valence-corrected chi connectivity index (χ2v) is 4.10. The molecule has 0 fully saturated rings. The first-order valence-electron chi connectivity index (χ1n) is 5.43. The lowest BCUT2D eigenvalue weighted by molar-refractivity contribution is 0.0696. The Kier molecular flexibility index (Phi) is 3.27. The summed E-state index contributed by atoms with van der Waals surface area (Å²) in [5.74, 6) is -0.257. The van der Waals surface area contributed by atoms with E-state index in [9.17, 15) is 4.79 Å². The summed E-state index contributed by atoms with van der Waals surface area (Å²) >= 11 is 0. The van der Waals surface area contributed by atoms with Gasteiger partial charge in [0.05, 0.1) is 24.1 Å². The van der Waals surface area contributed by atoms with Crippen LogP contribution in [0.5, 0.6) is 0 Å². The third-order valence-corrected chi connectivity index (χ3v) is 2.54. The van der Waals surface area contributed by atoms with E-state index < -0.39 is 5.97 Å². The molecule has 0 aliphatic heterocycles. The summed E-state index contributed by atoms with van der Waals surface area (Å²) in [7, 11) is 3.80. The summed E-state index contributed by atoms with van der Waals surface area (Å²) in [5.41, 5.74) is 1.12. The van der Waals surface area contributed by atoms with Gasteiger partial charge in [0.25, 0.3) is 0 Å². The van der Waals surface area contributed by atoms with Crippen molar-refractivity contribution < 1.29 is 9.90 Å². The van der Waals surface area contributed by atoms with E-state index in [-0.39, 0.29) is 5.56 Å². The zero-order valence-electron chi connectivity index (χ0n) is 10.2. The van der Waals surface area contributed by atoms with E-state index in [1.165, 1.54) is 6.20 Å². The zero-order valence-corrected chi connectivity index (χ0v) is 10.2. The molecule has 18 heavy (non-hydrogen) atoms. The average Bonchev–Trinajstić information content (AvgIpc) is 2.75. The van der Waals surface area contributed by atoms with Gasteiger partial charge in [-0.1, -0.05) is 0 Å². The highest BCUT2D eigenvalue weighted by Crippen LogP contribution is 2.12. The van der Waals surface area contributed by atoms with Gasteiger partial charge in [0, 0.05) is 26.5 Å². The summed E-state index contributed by atoms with van der Waals surface area (Å²) in [6.07, 6.45) is 5.03. The van der Waals surface area contributed by atoms with Gasteiger partial charge in [-0.3, -0.25) is 0 Å². The molecular weight excluding hydrogens is 232 g/mol. The van der Waals surface area contributed by atoms with E-state index in [2.05, 4.69) is 9.97 Å². The normalized spacial score (nSPS) is 10.3. The van der Waals surface area contributed by atoms with Crippen LogP contribution in [-0.2, 0) is 13.6 Å². The average molecular weight is 246 g/mol. The van der Waals surface area contributed by atoms with Crippen LogP contribution in [0.3, 0.4) is 0 Å². The minimum Gasteiger partial charge on any atom is -0.478 e. The number of nitrogens with zero attached hydrogens (tertiary/aromatic N) is 4. The summed E-state index contributed by atoms with van der Waals surface area (Å²) < 4.78 is 1.88. The molecule has 0 atom stereocenters. The Morgan fingerprint density at radius 1 is 1.44 bits per heavy atom. The van der Waals surface area contributed by atoms with Crippen LogP contribution < -0.4 is 4.90 Å². The van der Waals surface area contributed by atoms with E-state index in [0.717, 1.165) is 5.69 Å². The molecule has 6 nitrogen and oxygen atoms in total. The molecule has 0 saturated heterocycles. The molecule has 94 valence electrons. The molecule has 0 amide bonds. The van der Waals surface area contributed by atoms with E-state index >= 15 is 0 Å². The third-order valence-electron chi connectivity index (χ3n) is 2.54. The number of imidazole rings is 1. The van der Waals surface area contributed by atoms with Crippen molar-refractivity contribution >= 4 is 11.8 Å². The quantitative estimate of drug-likeness (QED) is 0.876. The van der Waals surface area contributed by atoms with Crippen molar-refractivity contribution in [2.45, 2.75) is 6.54 Å². The summed E-state index contributed by atoms with van der Waals surface area (Å²) in [5, 5.41) is 8.79. The molecule has 6 heteroatoms. The Morgan fingerprint density at radius 3 is 2.72 bits per heavy atom. The van der Waals surface area contributed by atoms with Crippen LogP contribution in [-0.4, -0.2) is 32.7 Å². The number of hydrogen-bond donors (Lipinski definition) is 1. The topological polar surface area (TPSA) is 71.2 Å². The van der Waals surface area contributed by atoms with Crippen molar-refractivity contribution in [2.75, 3.05) is 11.9 Å². The number of aryl methyl sites for hydroxylation is 1. The Bertz CT molecular complexity index is 547. The van der Waals surface area contributed by atoms with Gasteiger partial charge < -0.3 is 14.6 Å². The third kappa shape index (κ3) is 2.65. The number of hydrogen-bond acceptors (Lipinski definition) is 4. The van der Waals surface area contributed by atoms with Crippen LogP contribution in [0, 0.1) is 0 Å². The predicted octanol–water partition coefficient (Wildman–Crippen LogP) is 1.15. The maximum Gasteiger partial charge on any atom is 0.337 e. The molecule has 0 aromatic carbocycles. The van der Waals surface area contributed by atoms with Crippen LogP contribution >= 0.6 is 0 Å². The Morgan fingerprint density at radius 2 is 2.22 bits per heavy atom. The van der Waals surface area contributed by atoms with Gasteiger partial charge in [0.1, 0.15) is 5.82 Å². The number of rotatable bonds is 4. The monoisotopic (exact) mass is 246 g/mol. The lowest BCUT2D eigenvalue weighted by Gasteiger charge is -2.16. The van der Waals surface area contributed by atoms with E-state index in [4.69, 9.17) is 5.11 Å². The second-order valence-electron chi connectivity index (χ2n) is 4.10. The maximum atomic E-state index is 10.7. The number of anilines is 1. The zero-order chi connectivity index (χ0) is 13.1. The molecule has 2 aromatic heterocycles. The standard InChI is InChI=1S/C12H14N4O2/c1-15-6-10(14-8-15)7-16(2)11-4-3-9(5-13-11)12(17)18/h3-6,8H,7H2,1-2H3,(H,17,18). The number of pyridine rings is 1. The first-order valence-corrected chi connectivity index (χ1v) is 5.43. The van der Waals surface area contributed by atoms with Gasteiger partial charge in [-0.2, -0.15) is 0 Å². The molecule has 1 N–H and O–H groups in total. The highest BCUT2D eigenvalue weighted by molar-refractivity contribution is 5.87. The Balaban J connectivity index is 2.09. The number of aromatic nitrogens is 3. The largest absolute Gasteiger partial charge is 0.478 e. The SMILES string of the molecule is CN(Cc1cn(C)cn1)c1ccc(C(=O)O)cn1. The molecule has 0 saturated carbocycles. The smallest absolute Gasteiger partial charge is 0.337 e. The van der Waals surface area contributed by atoms with Crippen molar-refractivity contribution in [3.05, 3.63) is 42.1 Å². The molecule has 0 aliphatic carbocycles. The van der Waals surface area contributed by atoms with Gasteiger partial charge in [-0.05, 0) is 12.1 Å². The lowest BCUT2D eigenvalue weighted by atomic mass is 10.3. The summed E-state index contributed by atoms with van der Waals surface area (Å²) in [6, 6.07) is 3.23. The summed E-state index contributed by atoms with van der Waals surface area (Å²) in [4.78, 5) is 21.0. The van der Waals surface area contributed by atoms with Crippen molar-refractivity contribution in [3.63, 3.8) is 0 Å². The van der Waals surface area contributed by atoms with E-state index in [1.54, 1.807) is 18.5 Å². The van der Waals surface area contributed by atoms with Crippen LogP contribution in [0.25, 0.3) is 0 Å². The molecule has 0 spiro atoms. The highest BCUT2D eigenvalue weighted by Gasteiger charge is 2.07. The van der Waals surface area contributed by atoms with Crippen molar-refractivity contribution in [2.24, 2.45) is 7.05 Å². The first-order chi connectivity index (χ1) is 8.56. The fourth-order valence-electron chi connectivity index (χ4n) is 1.61. The van der Waals surface area contributed by atoms with Crippen molar-refractivity contribution in [1.82, 2.24) is 14.5 Å². The van der Waals surface area contributed by atoms with Gasteiger partial charge in [0.15, 0.2) is 0 Å². The molecule has 0 radical (unpaired) electrons. The van der Waals surface area contributed by atoms with Crippen LogP contribution in [0.1, 0.15) is 16.1 Å². The second kappa shape index (κ2) is 4.87. The first kappa shape index (κ1) is 12.1. The van der Waals surface area contributed by atoms with Gasteiger partial charge in [0.2, 0.25) is 0 Å². The fraction of sp³-hybridized carbons (Fsp3) is 0.250. The van der Waals surface area contributed by atoms with E-state index in [0.29, 0.717) is 12.4 Å². The van der Waals surface area contributed by atoms with Crippen LogP contribution in [0.4, 0.5) is 5.82 Å². The van der Waals surface area contributed by atoms with Gasteiger partial charge in [-0.25, -0.2) is 14.8 Å². The minimum atomic E-state index is -0.971. The lowest BCUT2D eigenvalue weighted by Crippen LogP contribution is -2.18. The maximum absolute atomic E-state index is 10.7. The summed E-state index contributed by atoms with van der Waals surface area (Å²) in [6.45, 7) is 0.625. The molecule has 2 heterocycles. The van der Waals surface area contributed by atoms with Crippen LogP contribution in [0.2, 0.25) is 0 Å². The molecule has 0 unspecified atom stereocenters. The molecule has 2 rings (SSSR count). The predicted molar refractivity (Wildman–Crippen MR) is 66.5 cm³/mol. The molecule has 2 aromatic rings. The number of carbonyl (C=O) groups is 1. The molecular formula is C12H14N4O2. The van der Waals surface area contributed by atoms with Crippen molar-refractivity contribution in [3.8, 4) is 0 Å². The van der Waals surface area contributed by atoms with Crippen molar-refractivity contribution in [1.29, 1.82) is 0 Å². The highest BCUT2D eigenvalue weighted by atomic mass is 16.4. The number of carboxylic acids is 1. The fourth-order valence-corrected chi connectivity index (χ4v) is 1.61. The molecule has 0 aliphatic rings.